The van der Waals surface area contributed by atoms with Gasteiger partial charge in [-0.3, -0.25) is 4.90 Å². The second-order valence-electron chi connectivity index (χ2n) is 4.58. The maximum Gasteiger partial charge on any atom is 0.120 e. The van der Waals surface area contributed by atoms with Crippen molar-refractivity contribution >= 4 is 0 Å². The molecule has 1 aromatic carbocycles. The maximum absolute atomic E-state index is 9.77. The van der Waals surface area contributed by atoms with Crippen LogP contribution in [0.5, 0.6) is 5.75 Å². The molecule has 0 bridgehead atoms. The summed E-state index contributed by atoms with van der Waals surface area (Å²) in [6, 6.07) is 5.93. The van der Waals surface area contributed by atoms with E-state index in [9.17, 15) is 10.2 Å². The maximum atomic E-state index is 9.77. The number of nitrogens with zero attached hydrogens (tertiary/aromatic N) is 1. The van der Waals surface area contributed by atoms with Crippen LogP contribution in [0.2, 0.25) is 0 Å². The second-order valence-corrected chi connectivity index (χ2v) is 4.58. The number of phenols is 1. The Morgan fingerprint density at radius 2 is 2.25 bits per heavy atom. The van der Waals surface area contributed by atoms with Crippen LogP contribution in [0.1, 0.15) is 24.0 Å². The zero-order valence-corrected chi connectivity index (χ0v) is 9.69. The van der Waals surface area contributed by atoms with Crippen LogP contribution in [0.25, 0.3) is 0 Å². The van der Waals surface area contributed by atoms with Crippen LogP contribution in [0.15, 0.2) is 18.2 Å². The molecule has 0 radical (unpaired) electrons. The minimum absolute atomic E-state index is 0.215. The predicted octanol–water partition coefficient (Wildman–Crippen LogP) is 1.66. The molecular weight excluding hydrogens is 202 g/mol. The summed E-state index contributed by atoms with van der Waals surface area (Å²) >= 11 is 0. The van der Waals surface area contributed by atoms with Gasteiger partial charge in [0.2, 0.25) is 0 Å². The molecule has 1 saturated heterocycles. The molecule has 1 heterocycles. The van der Waals surface area contributed by atoms with Crippen LogP contribution in [0.3, 0.4) is 0 Å². The van der Waals surface area contributed by atoms with Crippen molar-refractivity contribution in [3.8, 4) is 5.75 Å². The van der Waals surface area contributed by atoms with Gasteiger partial charge >= 0.3 is 0 Å². The number of aryl methyl sites for hydroxylation is 1. The topological polar surface area (TPSA) is 43.7 Å². The molecule has 1 aliphatic heterocycles. The Hall–Kier alpha value is -1.06. The van der Waals surface area contributed by atoms with Crippen molar-refractivity contribution in [2.75, 3.05) is 13.2 Å². The van der Waals surface area contributed by atoms with Gasteiger partial charge in [-0.1, -0.05) is 17.7 Å². The number of aliphatic hydroxyl groups is 1. The number of aliphatic hydroxyl groups excluding tert-OH is 1. The standard InChI is InChI=1S/C13H19NO2/c1-10-4-5-13(16)11(7-10)8-14-6-2-3-12(14)9-15/h4-5,7,12,15-16H,2-3,6,8-9H2,1H3/t12-/m0/s1. The fourth-order valence-corrected chi connectivity index (χ4v) is 2.37. The Balaban J connectivity index is 2.11. The van der Waals surface area contributed by atoms with Crippen LogP contribution >= 0.6 is 0 Å². The van der Waals surface area contributed by atoms with Crippen molar-refractivity contribution in [1.82, 2.24) is 4.90 Å². The number of rotatable bonds is 3. The zero-order valence-electron chi connectivity index (χ0n) is 9.69. The third kappa shape index (κ3) is 2.36. The summed E-state index contributed by atoms with van der Waals surface area (Å²) in [7, 11) is 0. The average Bonchev–Trinajstić information content (AvgIpc) is 2.71. The first-order valence-electron chi connectivity index (χ1n) is 5.84. The van der Waals surface area contributed by atoms with Crippen molar-refractivity contribution in [2.24, 2.45) is 0 Å². The van der Waals surface area contributed by atoms with Gasteiger partial charge in [0, 0.05) is 18.2 Å². The van der Waals surface area contributed by atoms with Gasteiger partial charge in [0.25, 0.3) is 0 Å². The molecule has 0 saturated carbocycles. The first-order valence-corrected chi connectivity index (χ1v) is 5.84. The van der Waals surface area contributed by atoms with Crippen molar-refractivity contribution in [1.29, 1.82) is 0 Å². The molecule has 1 atom stereocenters. The molecule has 1 fully saturated rings. The van der Waals surface area contributed by atoms with E-state index >= 15 is 0 Å². The average molecular weight is 221 g/mol. The van der Waals surface area contributed by atoms with Crippen molar-refractivity contribution in [3.63, 3.8) is 0 Å². The number of hydrogen-bond acceptors (Lipinski definition) is 3. The van der Waals surface area contributed by atoms with Gasteiger partial charge in [-0.2, -0.15) is 0 Å². The Morgan fingerprint density at radius 3 is 3.00 bits per heavy atom. The second kappa shape index (κ2) is 4.85. The van der Waals surface area contributed by atoms with Gasteiger partial charge in [0.1, 0.15) is 5.75 Å². The fraction of sp³-hybridized carbons (Fsp3) is 0.538. The van der Waals surface area contributed by atoms with Crippen molar-refractivity contribution in [2.45, 2.75) is 32.4 Å². The molecule has 1 aromatic rings. The summed E-state index contributed by atoms with van der Waals surface area (Å²) in [4.78, 5) is 2.24. The van der Waals surface area contributed by atoms with E-state index in [1.807, 2.05) is 19.1 Å². The fourth-order valence-electron chi connectivity index (χ4n) is 2.37. The van der Waals surface area contributed by atoms with Crippen LogP contribution in [0.4, 0.5) is 0 Å². The lowest BCUT2D eigenvalue weighted by Gasteiger charge is -2.23. The Labute approximate surface area is 96.3 Å². The van der Waals surface area contributed by atoms with Gasteiger partial charge in [0.15, 0.2) is 0 Å². The molecule has 0 spiro atoms. The number of benzene rings is 1. The lowest BCUT2D eigenvalue weighted by Crippen LogP contribution is -2.31. The molecule has 2 rings (SSSR count). The Bertz CT molecular complexity index is 365. The van der Waals surface area contributed by atoms with E-state index in [1.54, 1.807) is 6.07 Å². The van der Waals surface area contributed by atoms with Crippen LogP contribution in [-0.4, -0.2) is 34.3 Å². The smallest absolute Gasteiger partial charge is 0.120 e. The van der Waals surface area contributed by atoms with Crippen LogP contribution in [0, 0.1) is 6.92 Å². The number of aromatic hydroxyl groups is 1. The minimum atomic E-state index is 0.215. The van der Waals surface area contributed by atoms with Crippen LogP contribution in [-0.2, 0) is 6.54 Å². The van der Waals surface area contributed by atoms with E-state index < -0.39 is 0 Å². The molecule has 1 aliphatic rings. The molecule has 88 valence electrons. The summed E-state index contributed by atoms with van der Waals surface area (Å²) in [6.45, 7) is 3.99. The van der Waals surface area contributed by atoms with E-state index in [1.165, 1.54) is 0 Å². The lowest BCUT2D eigenvalue weighted by molar-refractivity contribution is 0.152. The number of phenolic OH excluding ortho intramolecular Hbond substituents is 1. The molecule has 0 amide bonds. The molecular formula is C13H19NO2. The molecule has 2 N–H and O–H groups in total. The summed E-state index contributed by atoms with van der Waals surface area (Å²) in [6.07, 6.45) is 2.20. The molecule has 16 heavy (non-hydrogen) atoms. The highest BCUT2D eigenvalue weighted by atomic mass is 16.3. The largest absolute Gasteiger partial charge is 0.508 e. The summed E-state index contributed by atoms with van der Waals surface area (Å²) in [5, 5.41) is 19.0. The van der Waals surface area contributed by atoms with Gasteiger partial charge in [-0.05, 0) is 32.4 Å². The number of hydrogen-bond donors (Lipinski definition) is 2. The number of likely N-dealkylation sites (tertiary alicyclic amines) is 1. The van der Waals surface area contributed by atoms with Gasteiger partial charge < -0.3 is 10.2 Å². The minimum Gasteiger partial charge on any atom is -0.508 e. The molecule has 0 unspecified atom stereocenters. The van der Waals surface area contributed by atoms with Gasteiger partial charge in [-0.25, -0.2) is 0 Å². The predicted molar refractivity (Wildman–Crippen MR) is 63.4 cm³/mol. The van der Waals surface area contributed by atoms with Crippen molar-refractivity contribution in [3.05, 3.63) is 29.3 Å². The monoisotopic (exact) mass is 221 g/mol. The summed E-state index contributed by atoms with van der Waals surface area (Å²) in [5.41, 5.74) is 2.12. The SMILES string of the molecule is Cc1ccc(O)c(CN2CCC[C@H]2CO)c1. The highest BCUT2D eigenvalue weighted by molar-refractivity contribution is 5.35. The molecule has 0 aliphatic carbocycles. The van der Waals surface area contributed by atoms with E-state index in [-0.39, 0.29) is 12.6 Å². The van der Waals surface area contributed by atoms with E-state index in [2.05, 4.69) is 4.90 Å². The highest BCUT2D eigenvalue weighted by Crippen LogP contribution is 2.24. The first-order chi connectivity index (χ1) is 7.70. The van der Waals surface area contributed by atoms with Gasteiger partial charge in [-0.15, -0.1) is 0 Å². The third-order valence-electron chi connectivity index (χ3n) is 3.32. The molecule has 0 aromatic heterocycles. The van der Waals surface area contributed by atoms with Gasteiger partial charge in [0.05, 0.1) is 6.61 Å². The van der Waals surface area contributed by atoms with Crippen LogP contribution < -0.4 is 0 Å². The van der Waals surface area contributed by atoms with Crippen molar-refractivity contribution < 1.29 is 10.2 Å². The van der Waals surface area contributed by atoms with E-state index in [4.69, 9.17) is 0 Å². The summed E-state index contributed by atoms with van der Waals surface area (Å²) in [5.74, 6) is 0.356. The van der Waals surface area contributed by atoms with E-state index in [0.29, 0.717) is 5.75 Å². The Morgan fingerprint density at radius 1 is 1.44 bits per heavy atom. The summed E-state index contributed by atoms with van der Waals surface area (Å²) < 4.78 is 0. The third-order valence-corrected chi connectivity index (χ3v) is 3.32. The highest BCUT2D eigenvalue weighted by Gasteiger charge is 2.24. The zero-order chi connectivity index (χ0) is 11.5. The molecule has 3 nitrogen and oxygen atoms in total. The first kappa shape index (κ1) is 11.4. The normalized spacial score (nSPS) is 21.5. The lowest BCUT2D eigenvalue weighted by atomic mass is 10.1. The van der Waals surface area contributed by atoms with E-state index in [0.717, 1.165) is 37.1 Å². The molecule has 3 heteroatoms. The quantitative estimate of drug-likeness (QED) is 0.815. The Kier molecular flexibility index (Phi) is 3.46.